The first-order valence-corrected chi connectivity index (χ1v) is 6.22. The molecule has 0 spiro atoms. The van der Waals surface area contributed by atoms with Gasteiger partial charge in [0.15, 0.2) is 0 Å². The molecular formula is C9H13F3N4O2S. The Morgan fingerprint density at radius 2 is 2.11 bits per heavy atom. The largest absolute Gasteiger partial charge is 0.490 e. The third-order valence-electron chi connectivity index (χ3n) is 2.34. The summed E-state index contributed by atoms with van der Waals surface area (Å²) in [5, 5.41) is 20.0. The van der Waals surface area contributed by atoms with Crippen molar-refractivity contribution in [3.63, 3.8) is 0 Å². The number of nitrogens with zero attached hydrogens (tertiary/aromatic N) is 2. The Balaban J connectivity index is 0.000000224. The molecule has 1 aromatic rings. The third-order valence-corrected chi connectivity index (χ3v) is 3.26. The molecule has 0 bridgehead atoms. The lowest BCUT2D eigenvalue weighted by Gasteiger charge is -2.19. The molecule has 0 amide bonds. The van der Waals surface area contributed by atoms with Crippen LogP contribution in [0.1, 0.15) is 23.8 Å². The van der Waals surface area contributed by atoms with Crippen LogP contribution in [-0.4, -0.2) is 40.5 Å². The second-order valence-electron chi connectivity index (χ2n) is 3.82. The van der Waals surface area contributed by atoms with Crippen molar-refractivity contribution in [1.82, 2.24) is 15.5 Å². The Morgan fingerprint density at radius 1 is 1.47 bits per heavy atom. The van der Waals surface area contributed by atoms with Crippen molar-refractivity contribution in [3.8, 4) is 0 Å². The second kappa shape index (κ2) is 6.66. The number of hydrogen-bond donors (Lipinski definition) is 3. The van der Waals surface area contributed by atoms with Gasteiger partial charge in [0.05, 0.1) is 0 Å². The molecule has 0 aromatic carbocycles. The van der Waals surface area contributed by atoms with E-state index in [2.05, 4.69) is 15.5 Å². The van der Waals surface area contributed by atoms with Crippen LogP contribution in [0.15, 0.2) is 0 Å². The smallest absolute Gasteiger partial charge is 0.475 e. The number of carboxylic acid groups (broad SMARTS) is 1. The zero-order valence-electron chi connectivity index (χ0n) is 9.78. The maximum absolute atomic E-state index is 10.6. The lowest BCUT2D eigenvalue weighted by molar-refractivity contribution is -0.192. The van der Waals surface area contributed by atoms with E-state index in [1.807, 2.05) is 0 Å². The lowest BCUT2D eigenvalue weighted by Crippen LogP contribution is -2.28. The number of aromatic nitrogens is 2. The van der Waals surface area contributed by atoms with Gasteiger partial charge in [-0.15, -0.1) is 10.2 Å². The molecule has 108 valence electrons. The van der Waals surface area contributed by atoms with Crippen LogP contribution in [0.5, 0.6) is 0 Å². The molecule has 10 heteroatoms. The maximum atomic E-state index is 10.6. The Kier molecular flexibility index (Phi) is 5.48. The number of aliphatic carboxylic acids is 1. The summed E-state index contributed by atoms with van der Waals surface area (Å²) in [6, 6.07) is 0. The van der Waals surface area contributed by atoms with Crippen molar-refractivity contribution in [3.05, 3.63) is 5.01 Å². The van der Waals surface area contributed by atoms with E-state index in [1.54, 1.807) is 0 Å². The molecule has 1 atom stereocenters. The second-order valence-corrected chi connectivity index (χ2v) is 4.87. The lowest BCUT2D eigenvalue weighted by atomic mass is 10.0. The van der Waals surface area contributed by atoms with E-state index in [9.17, 15) is 13.2 Å². The fourth-order valence-electron chi connectivity index (χ4n) is 1.47. The molecule has 0 saturated carbocycles. The average Bonchev–Trinajstić information content (AvgIpc) is 2.77. The highest BCUT2D eigenvalue weighted by atomic mass is 32.1. The molecule has 6 nitrogen and oxygen atoms in total. The highest BCUT2D eigenvalue weighted by molar-refractivity contribution is 7.15. The minimum Gasteiger partial charge on any atom is -0.475 e. The fourth-order valence-corrected chi connectivity index (χ4v) is 2.22. The molecule has 2 heterocycles. The Bertz CT molecular complexity index is 418. The number of nitrogen functional groups attached to an aromatic ring is 1. The van der Waals surface area contributed by atoms with Crippen molar-refractivity contribution in [1.29, 1.82) is 0 Å². The summed E-state index contributed by atoms with van der Waals surface area (Å²) in [4.78, 5) is 8.90. The van der Waals surface area contributed by atoms with Gasteiger partial charge in [0.25, 0.3) is 0 Å². The number of piperidine rings is 1. The number of hydrogen-bond acceptors (Lipinski definition) is 6. The number of anilines is 1. The zero-order chi connectivity index (χ0) is 14.5. The molecule has 1 aliphatic heterocycles. The number of rotatable bonds is 1. The van der Waals surface area contributed by atoms with Crippen molar-refractivity contribution < 1.29 is 23.1 Å². The third kappa shape index (κ3) is 5.39. The summed E-state index contributed by atoms with van der Waals surface area (Å²) in [5.74, 6) is -2.22. The molecule has 1 fully saturated rings. The van der Waals surface area contributed by atoms with E-state index in [1.165, 1.54) is 24.2 Å². The van der Waals surface area contributed by atoms with E-state index in [0.29, 0.717) is 11.0 Å². The maximum Gasteiger partial charge on any atom is 0.490 e. The molecule has 4 N–H and O–H groups in total. The molecular weight excluding hydrogens is 285 g/mol. The van der Waals surface area contributed by atoms with Crippen LogP contribution in [0, 0.1) is 0 Å². The van der Waals surface area contributed by atoms with Gasteiger partial charge in [-0.3, -0.25) is 0 Å². The van der Waals surface area contributed by atoms with Gasteiger partial charge in [0.2, 0.25) is 5.13 Å². The van der Waals surface area contributed by atoms with E-state index in [-0.39, 0.29) is 0 Å². The van der Waals surface area contributed by atoms with Crippen LogP contribution in [0.25, 0.3) is 0 Å². The predicted molar refractivity (Wildman–Crippen MR) is 62.9 cm³/mol. The van der Waals surface area contributed by atoms with Crippen LogP contribution in [0.4, 0.5) is 18.3 Å². The van der Waals surface area contributed by atoms with E-state index < -0.39 is 12.1 Å². The first-order chi connectivity index (χ1) is 8.80. The highest BCUT2D eigenvalue weighted by Crippen LogP contribution is 2.26. The predicted octanol–water partition coefficient (Wildman–Crippen LogP) is 1.22. The van der Waals surface area contributed by atoms with Gasteiger partial charge >= 0.3 is 12.1 Å². The van der Waals surface area contributed by atoms with E-state index in [0.717, 1.165) is 18.1 Å². The first-order valence-electron chi connectivity index (χ1n) is 5.40. The van der Waals surface area contributed by atoms with Gasteiger partial charge in [-0.05, 0) is 19.4 Å². The Morgan fingerprint density at radius 3 is 2.47 bits per heavy atom. The molecule has 0 radical (unpaired) electrons. The molecule has 1 aliphatic rings. The quantitative estimate of drug-likeness (QED) is 0.720. The fraction of sp³-hybridized carbons (Fsp3) is 0.667. The minimum atomic E-state index is -5.08. The van der Waals surface area contributed by atoms with Gasteiger partial charge in [0, 0.05) is 12.5 Å². The SMILES string of the molecule is Nc1nnc(C2CCCNC2)s1.O=C(O)C(F)(F)F. The normalized spacial score (nSPS) is 19.4. The molecule has 1 aromatic heterocycles. The van der Waals surface area contributed by atoms with Crippen LogP contribution in [0.2, 0.25) is 0 Å². The first kappa shape index (κ1) is 15.6. The minimum absolute atomic E-state index is 0.536. The summed E-state index contributed by atoms with van der Waals surface area (Å²) in [7, 11) is 0. The van der Waals surface area contributed by atoms with Crippen LogP contribution < -0.4 is 11.1 Å². The number of carbonyl (C=O) groups is 1. The monoisotopic (exact) mass is 298 g/mol. The molecule has 2 rings (SSSR count). The average molecular weight is 298 g/mol. The number of nitrogens with one attached hydrogen (secondary N) is 1. The highest BCUT2D eigenvalue weighted by Gasteiger charge is 2.38. The standard InChI is InChI=1S/C7H12N4S.C2HF3O2/c8-7-11-10-6(12-7)5-2-1-3-9-4-5;3-2(4,5)1(6)7/h5,9H,1-4H2,(H2,8,11);(H,6,7). The van der Waals surface area contributed by atoms with Gasteiger partial charge in [-0.25, -0.2) is 4.79 Å². The van der Waals surface area contributed by atoms with Gasteiger partial charge in [-0.1, -0.05) is 11.3 Å². The number of nitrogens with two attached hydrogens (primary N) is 1. The topological polar surface area (TPSA) is 101 Å². The van der Waals surface area contributed by atoms with Crippen molar-refractivity contribution in [2.75, 3.05) is 18.8 Å². The summed E-state index contributed by atoms with van der Waals surface area (Å²) in [5.41, 5.74) is 5.51. The van der Waals surface area contributed by atoms with Gasteiger partial charge < -0.3 is 16.2 Å². The Labute approximate surface area is 110 Å². The summed E-state index contributed by atoms with van der Waals surface area (Å²) in [6.07, 6.45) is -2.65. The molecule has 19 heavy (non-hydrogen) atoms. The van der Waals surface area contributed by atoms with Gasteiger partial charge in [-0.2, -0.15) is 13.2 Å². The van der Waals surface area contributed by atoms with Gasteiger partial charge in [0.1, 0.15) is 5.01 Å². The zero-order valence-corrected chi connectivity index (χ0v) is 10.6. The number of alkyl halides is 3. The Hall–Kier alpha value is -1.42. The number of halogens is 3. The van der Waals surface area contributed by atoms with Crippen molar-refractivity contribution >= 4 is 22.4 Å². The van der Waals surface area contributed by atoms with Crippen LogP contribution in [0.3, 0.4) is 0 Å². The number of carboxylic acids is 1. The van der Waals surface area contributed by atoms with Crippen molar-refractivity contribution in [2.24, 2.45) is 0 Å². The molecule has 1 saturated heterocycles. The van der Waals surface area contributed by atoms with Crippen molar-refractivity contribution in [2.45, 2.75) is 24.9 Å². The van der Waals surface area contributed by atoms with E-state index in [4.69, 9.17) is 15.6 Å². The summed E-state index contributed by atoms with van der Waals surface area (Å²) >= 11 is 1.51. The molecule has 1 unspecified atom stereocenters. The summed E-state index contributed by atoms with van der Waals surface area (Å²) in [6.45, 7) is 2.15. The molecule has 0 aliphatic carbocycles. The van der Waals surface area contributed by atoms with E-state index >= 15 is 0 Å². The van der Waals surface area contributed by atoms with Crippen LogP contribution >= 0.6 is 11.3 Å². The van der Waals surface area contributed by atoms with Crippen LogP contribution in [-0.2, 0) is 4.79 Å². The summed E-state index contributed by atoms with van der Waals surface area (Å²) < 4.78 is 31.7.